The molecule has 0 aliphatic carbocycles. The summed E-state index contributed by atoms with van der Waals surface area (Å²) >= 11 is 0. The lowest BCUT2D eigenvalue weighted by Gasteiger charge is -2.40. The number of hydrogen-bond donors (Lipinski definition) is 1. The van der Waals surface area contributed by atoms with Gasteiger partial charge < -0.3 is 14.7 Å². The first-order chi connectivity index (χ1) is 7.87. The Balaban J connectivity index is 2.54. The fourth-order valence-electron chi connectivity index (χ4n) is 1.97. The van der Waals surface area contributed by atoms with Crippen molar-refractivity contribution in [2.24, 2.45) is 0 Å². The summed E-state index contributed by atoms with van der Waals surface area (Å²) in [5.41, 5.74) is -0.465. The van der Waals surface area contributed by atoms with E-state index in [1.807, 2.05) is 20.8 Å². The summed E-state index contributed by atoms with van der Waals surface area (Å²) in [6.45, 7) is 10.6. The third-order valence-corrected chi connectivity index (χ3v) is 2.87. The quantitative estimate of drug-likeness (QED) is 0.785. The lowest BCUT2D eigenvalue weighted by atomic mass is 10.2. The molecule has 0 aromatic rings. The minimum atomic E-state index is -0.465. The van der Waals surface area contributed by atoms with Gasteiger partial charge in [-0.05, 0) is 27.3 Å². The minimum absolute atomic E-state index is 0.0290. The Bertz CT molecular complexity index is 263. The number of piperazine rings is 1. The highest BCUT2D eigenvalue weighted by Crippen LogP contribution is 2.14. The lowest BCUT2D eigenvalue weighted by Crippen LogP contribution is -2.56. The Morgan fingerprint density at radius 1 is 1.41 bits per heavy atom. The van der Waals surface area contributed by atoms with Crippen molar-refractivity contribution in [1.82, 2.24) is 9.80 Å². The minimum Gasteiger partial charge on any atom is -0.444 e. The zero-order chi connectivity index (χ0) is 13.1. The van der Waals surface area contributed by atoms with E-state index in [0.717, 1.165) is 13.1 Å². The summed E-state index contributed by atoms with van der Waals surface area (Å²) in [6, 6.07) is 0.0290. The van der Waals surface area contributed by atoms with Crippen LogP contribution in [-0.4, -0.2) is 65.4 Å². The number of carbonyl (C=O) groups excluding carboxylic acids is 1. The summed E-state index contributed by atoms with van der Waals surface area (Å²) in [7, 11) is 0. The van der Waals surface area contributed by atoms with Crippen LogP contribution >= 0.6 is 0 Å². The second-order valence-corrected chi connectivity index (χ2v) is 5.39. The number of aliphatic hydroxyl groups is 1. The molecule has 0 saturated carbocycles. The molecule has 1 aliphatic heterocycles. The molecule has 100 valence electrons. The molecule has 0 bridgehead atoms. The van der Waals surface area contributed by atoms with Crippen molar-refractivity contribution in [2.75, 3.05) is 32.8 Å². The Morgan fingerprint density at radius 2 is 2.06 bits per heavy atom. The second-order valence-electron chi connectivity index (χ2n) is 5.39. The van der Waals surface area contributed by atoms with Gasteiger partial charge in [-0.15, -0.1) is 0 Å². The highest BCUT2D eigenvalue weighted by molar-refractivity contribution is 5.68. The first-order valence-electron chi connectivity index (χ1n) is 6.20. The Kier molecular flexibility index (Phi) is 4.77. The number of rotatable bonds is 2. The standard InChI is InChI=1S/C12H24N2O3/c1-5-13-6-7-14(8-10(13)9-15)11(16)17-12(2,3)4/h10,15H,5-9H2,1-4H3/t10-/m1/s1. The smallest absolute Gasteiger partial charge is 0.410 e. The highest BCUT2D eigenvalue weighted by Gasteiger charge is 2.30. The molecule has 1 N–H and O–H groups in total. The van der Waals surface area contributed by atoms with E-state index in [2.05, 4.69) is 11.8 Å². The van der Waals surface area contributed by atoms with Gasteiger partial charge in [-0.2, -0.15) is 0 Å². The normalized spacial score (nSPS) is 22.6. The van der Waals surface area contributed by atoms with Crippen LogP contribution in [-0.2, 0) is 4.74 Å². The molecule has 0 unspecified atom stereocenters. The van der Waals surface area contributed by atoms with Crippen LogP contribution in [0.1, 0.15) is 27.7 Å². The molecule has 1 amide bonds. The molecular formula is C12H24N2O3. The lowest BCUT2D eigenvalue weighted by molar-refractivity contribution is -0.00311. The van der Waals surface area contributed by atoms with Crippen LogP contribution in [0.5, 0.6) is 0 Å². The molecule has 0 aromatic carbocycles. The number of nitrogens with zero attached hydrogens (tertiary/aromatic N) is 2. The van der Waals surface area contributed by atoms with Gasteiger partial charge in [-0.1, -0.05) is 6.92 Å². The molecule has 1 heterocycles. The van der Waals surface area contributed by atoms with Crippen LogP contribution < -0.4 is 0 Å². The molecule has 1 rings (SSSR count). The van der Waals surface area contributed by atoms with Crippen molar-refractivity contribution < 1.29 is 14.6 Å². The van der Waals surface area contributed by atoms with Gasteiger partial charge in [0.25, 0.3) is 0 Å². The van der Waals surface area contributed by atoms with Crippen molar-refractivity contribution in [3.63, 3.8) is 0 Å². The average molecular weight is 244 g/mol. The molecule has 0 aromatic heterocycles. The fraction of sp³-hybridized carbons (Fsp3) is 0.917. The molecule has 0 spiro atoms. The maximum Gasteiger partial charge on any atom is 0.410 e. The van der Waals surface area contributed by atoms with Gasteiger partial charge in [0.15, 0.2) is 0 Å². The van der Waals surface area contributed by atoms with E-state index in [1.54, 1.807) is 4.90 Å². The van der Waals surface area contributed by atoms with Crippen molar-refractivity contribution >= 4 is 6.09 Å². The van der Waals surface area contributed by atoms with Gasteiger partial charge in [0, 0.05) is 19.6 Å². The fourth-order valence-corrected chi connectivity index (χ4v) is 1.97. The van der Waals surface area contributed by atoms with Gasteiger partial charge in [-0.3, -0.25) is 4.90 Å². The average Bonchev–Trinajstić information content (AvgIpc) is 2.25. The first kappa shape index (κ1) is 14.3. The molecule has 5 nitrogen and oxygen atoms in total. The van der Waals surface area contributed by atoms with Gasteiger partial charge in [0.05, 0.1) is 12.6 Å². The number of likely N-dealkylation sites (N-methyl/N-ethyl adjacent to an activating group) is 1. The summed E-state index contributed by atoms with van der Waals surface area (Å²) in [5, 5.41) is 9.30. The van der Waals surface area contributed by atoms with E-state index < -0.39 is 5.60 Å². The number of ether oxygens (including phenoxy) is 1. The summed E-state index contributed by atoms with van der Waals surface area (Å²) < 4.78 is 5.33. The highest BCUT2D eigenvalue weighted by atomic mass is 16.6. The van der Waals surface area contributed by atoms with Crippen LogP contribution in [0, 0.1) is 0 Å². The van der Waals surface area contributed by atoms with E-state index in [4.69, 9.17) is 4.74 Å². The SMILES string of the molecule is CCN1CCN(C(=O)OC(C)(C)C)C[C@@H]1CO. The Labute approximate surface area is 103 Å². The van der Waals surface area contributed by atoms with Crippen molar-refractivity contribution in [3.8, 4) is 0 Å². The van der Waals surface area contributed by atoms with Crippen LogP contribution in [0.4, 0.5) is 4.79 Å². The zero-order valence-electron chi connectivity index (χ0n) is 11.3. The summed E-state index contributed by atoms with van der Waals surface area (Å²) in [5.74, 6) is 0. The maximum absolute atomic E-state index is 11.9. The van der Waals surface area contributed by atoms with E-state index in [9.17, 15) is 9.90 Å². The largest absolute Gasteiger partial charge is 0.444 e. The number of carbonyl (C=O) groups is 1. The second kappa shape index (κ2) is 5.69. The first-order valence-corrected chi connectivity index (χ1v) is 6.20. The number of amides is 1. The number of aliphatic hydroxyl groups excluding tert-OH is 1. The molecule has 17 heavy (non-hydrogen) atoms. The predicted octanol–water partition coefficient (Wildman–Crippen LogP) is 0.920. The predicted molar refractivity (Wildman–Crippen MR) is 65.9 cm³/mol. The van der Waals surface area contributed by atoms with E-state index in [1.165, 1.54) is 0 Å². The zero-order valence-corrected chi connectivity index (χ0v) is 11.3. The molecule has 5 heteroatoms. The Hall–Kier alpha value is -0.810. The van der Waals surface area contributed by atoms with E-state index >= 15 is 0 Å². The molecule has 1 atom stereocenters. The molecule has 1 saturated heterocycles. The van der Waals surface area contributed by atoms with Gasteiger partial charge >= 0.3 is 6.09 Å². The monoisotopic (exact) mass is 244 g/mol. The summed E-state index contributed by atoms with van der Waals surface area (Å²) in [6.07, 6.45) is -0.285. The van der Waals surface area contributed by atoms with Crippen LogP contribution in [0.2, 0.25) is 0 Å². The molecular weight excluding hydrogens is 220 g/mol. The third kappa shape index (κ3) is 4.16. The Morgan fingerprint density at radius 3 is 2.53 bits per heavy atom. The van der Waals surface area contributed by atoms with Crippen LogP contribution in [0.3, 0.4) is 0 Å². The topological polar surface area (TPSA) is 53.0 Å². The number of hydrogen-bond acceptors (Lipinski definition) is 4. The molecule has 1 aliphatic rings. The van der Waals surface area contributed by atoms with Crippen LogP contribution in [0.15, 0.2) is 0 Å². The van der Waals surface area contributed by atoms with Crippen molar-refractivity contribution in [1.29, 1.82) is 0 Å². The van der Waals surface area contributed by atoms with Crippen LogP contribution in [0.25, 0.3) is 0 Å². The van der Waals surface area contributed by atoms with E-state index in [0.29, 0.717) is 13.1 Å². The van der Waals surface area contributed by atoms with Gasteiger partial charge in [-0.25, -0.2) is 4.79 Å². The maximum atomic E-state index is 11.9. The van der Waals surface area contributed by atoms with Gasteiger partial charge in [0.2, 0.25) is 0 Å². The summed E-state index contributed by atoms with van der Waals surface area (Å²) in [4.78, 5) is 15.7. The van der Waals surface area contributed by atoms with E-state index in [-0.39, 0.29) is 18.7 Å². The molecule has 1 fully saturated rings. The van der Waals surface area contributed by atoms with Crippen molar-refractivity contribution in [2.45, 2.75) is 39.3 Å². The van der Waals surface area contributed by atoms with Gasteiger partial charge in [0.1, 0.15) is 5.60 Å². The van der Waals surface area contributed by atoms with Crippen molar-refractivity contribution in [3.05, 3.63) is 0 Å². The molecule has 0 radical (unpaired) electrons. The third-order valence-electron chi connectivity index (χ3n) is 2.87.